The minimum atomic E-state index is 0.0583. The van der Waals surface area contributed by atoms with Gasteiger partial charge in [-0.1, -0.05) is 26.0 Å². The Kier molecular flexibility index (Phi) is 4.61. The molecule has 0 aliphatic heterocycles. The quantitative estimate of drug-likeness (QED) is 0.832. The molecule has 20 heavy (non-hydrogen) atoms. The van der Waals surface area contributed by atoms with Crippen LogP contribution < -0.4 is 10.3 Å². The molecule has 0 unspecified atom stereocenters. The van der Waals surface area contributed by atoms with Gasteiger partial charge in [0.1, 0.15) is 5.75 Å². The fraction of sp³-hybridized carbons (Fsp3) is 0.353. The van der Waals surface area contributed by atoms with Crippen molar-refractivity contribution in [2.24, 2.45) is 5.92 Å². The van der Waals surface area contributed by atoms with Crippen LogP contribution in [-0.2, 0) is 6.54 Å². The van der Waals surface area contributed by atoms with Crippen LogP contribution in [0.5, 0.6) is 5.75 Å². The molecular weight excluding hydrogens is 250 g/mol. The number of hydrogen-bond donors (Lipinski definition) is 0. The molecule has 0 atom stereocenters. The molecule has 0 amide bonds. The zero-order valence-electron chi connectivity index (χ0n) is 12.3. The van der Waals surface area contributed by atoms with Gasteiger partial charge in [-0.2, -0.15) is 0 Å². The van der Waals surface area contributed by atoms with E-state index in [-0.39, 0.29) is 5.56 Å². The van der Waals surface area contributed by atoms with Gasteiger partial charge in [0.25, 0.3) is 5.56 Å². The lowest BCUT2D eigenvalue weighted by Gasteiger charge is -2.10. The summed E-state index contributed by atoms with van der Waals surface area (Å²) in [5.74, 6) is 1.42. The molecule has 0 N–H and O–H groups in total. The number of rotatable bonds is 5. The van der Waals surface area contributed by atoms with Crippen LogP contribution in [0.3, 0.4) is 0 Å². The van der Waals surface area contributed by atoms with Gasteiger partial charge in [0, 0.05) is 18.8 Å². The van der Waals surface area contributed by atoms with E-state index in [2.05, 4.69) is 13.8 Å². The van der Waals surface area contributed by atoms with Crippen LogP contribution >= 0.6 is 0 Å². The van der Waals surface area contributed by atoms with Crippen molar-refractivity contribution >= 4 is 0 Å². The average Bonchev–Trinajstić information content (AvgIpc) is 2.46. The van der Waals surface area contributed by atoms with Crippen molar-refractivity contribution in [3.8, 4) is 16.9 Å². The number of aryl methyl sites for hydroxylation is 1. The number of methoxy groups -OCH3 is 1. The molecule has 0 saturated carbocycles. The minimum Gasteiger partial charge on any atom is -0.497 e. The third-order valence-electron chi connectivity index (χ3n) is 3.35. The molecular formula is C17H21NO2. The third kappa shape index (κ3) is 3.50. The molecule has 0 radical (unpaired) electrons. The number of pyridine rings is 1. The van der Waals surface area contributed by atoms with Crippen molar-refractivity contribution in [3.63, 3.8) is 0 Å². The molecule has 0 saturated heterocycles. The molecule has 0 bridgehead atoms. The van der Waals surface area contributed by atoms with Gasteiger partial charge < -0.3 is 9.30 Å². The summed E-state index contributed by atoms with van der Waals surface area (Å²) in [6, 6.07) is 11.4. The Morgan fingerprint density at radius 3 is 2.30 bits per heavy atom. The van der Waals surface area contributed by atoms with Crippen molar-refractivity contribution in [2.75, 3.05) is 7.11 Å². The Hall–Kier alpha value is -2.03. The highest BCUT2D eigenvalue weighted by Crippen LogP contribution is 2.21. The molecule has 0 fully saturated rings. The standard InChI is InChI=1S/C17H21NO2/c1-13(2)10-11-18-12-15(6-9-17(18)19)14-4-7-16(20-3)8-5-14/h4-9,12-13H,10-11H2,1-3H3. The largest absolute Gasteiger partial charge is 0.497 e. The maximum Gasteiger partial charge on any atom is 0.250 e. The fourth-order valence-corrected chi connectivity index (χ4v) is 2.06. The SMILES string of the molecule is COc1ccc(-c2ccc(=O)n(CCC(C)C)c2)cc1. The first-order valence-electron chi connectivity index (χ1n) is 6.95. The molecule has 3 heteroatoms. The Balaban J connectivity index is 2.27. The van der Waals surface area contributed by atoms with E-state index in [4.69, 9.17) is 4.74 Å². The Labute approximate surface area is 119 Å². The zero-order chi connectivity index (χ0) is 14.5. The van der Waals surface area contributed by atoms with Crippen LogP contribution in [0.25, 0.3) is 11.1 Å². The van der Waals surface area contributed by atoms with Gasteiger partial charge in [-0.25, -0.2) is 0 Å². The number of hydrogen-bond acceptors (Lipinski definition) is 2. The van der Waals surface area contributed by atoms with E-state index in [1.165, 1.54) is 0 Å². The third-order valence-corrected chi connectivity index (χ3v) is 3.35. The smallest absolute Gasteiger partial charge is 0.250 e. The summed E-state index contributed by atoms with van der Waals surface area (Å²) in [7, 11) is 1.65. The van der Waals surface area contributed by atoms with Crippen molar-refractivity contribution in [1.29, 1.82) is 0 Å². The van der Waals surface area contributed by atoms with E-state index in [9.17, 15) is 4.79 Å². The lowest BCUT2D eigenvalue weighted by Crippen LogP contribution is -2.19. The molecule has 0 spiro atoms. The second kappa shape index (κ2) is 6.42. The normalized spacial score (nSPS) is 10.8. The minimum absolute atomic E-state index is 0.0583. The highest BCUT2D eigenvalue weighted by Gasteiger charge is 2.03. The molecule has 3 nitrogen and oxygen atoms in total. The predicted octanol–water partition coefficient (Wildman–Crippen LogP) is 3.57. The summed E-state index contributed by atoms with van der Waals surface area (Å²) >= 11 is 0. The Morgan fingerprint density at radius 1 is 1.05 bits per heavy atom. The van der Waals surface area contributed by atoms with E-state index >= 15 is 0 Å². The van der Waals surface area contributed by atoms with Crippen LogP contribution in [0, 0.1) is 5.92 Å². The lowest BCUT2D eigenvalue weighted by molar-refractivity contribution is 0.415. The molecule has 106 valence electrons. The summed E-state index contributed by atoms with van der Waals surface area (Å²) in [6.07, 6.45) is 2.94. The second-order valence-electron chi connectivity index (χ2n) is 5.36. The average molecular weight is 271 g/mol. The number of benzene rings is 1. The van der Waals surface area contributed by atoms with Gasteiger partial charge >= 0.3 is 0 Å². The van der Waals surface area contributed by atoms with Gasteiger partial charge in [0.05, 0.1) is 7.11 Å². The second-order valence-corrected chi connectivity index (χ2v) is 5.36. The van der Waals surface area contributed by atoms with Gasteiger partial charge in [-0.3, -0.25) is 4.79 Å². The predicted molar refractivity (Wildman–Crippen MR) is 82.1 cm³/mol. The first-order chi connectivity index (χ1) is 9.60. The first-order valence-corrected chi connectivity index (χ1v) is 6.95. The van der Waals surface area contributed by atoms with Gasteiger partial charge in [-0.15, -0.1) is 0 Å². The van der Waals surface area contributed by atoms with Crippen LogP contribution in [-0.4, -0.2) is 11.7 Å². The van der Waals surface area contributed by atoms with Crippen molar-refractivity contribution in [1.82, 2.24) is 4.57 Å². The molecule has 2 rings (SSSR count). The molecule has 1 aromatic heterocycles. The summed E-state index contributed by atoms with van der Waals surface area (Å²) < 4.78 is 6.95. The molecule has 2 aromatic rings. The molecule has 1 aromatic carbocycles. The van der Waals surface area contributed by atoms with Gasteiger partial charge in [-0.05, 0) is 41.7 Å². The molecule has 0 aliphatic carbocycles. The molecule has 1 heterocycles. The maximum absolute atomic E-state index is 11.9. The summed E-state index contributed by atoms with van der Waals surface area (Å²) in [6.45, 7) is 5.09. The van der Waals surface area contributed by atoms with E-state index in [1.54, 1.807) is 17.7 Å². The van der Waals surface area contributed by atoms with Gasteiger partial charge in [0.15, 0.2) is 0 Å². The highest BCUT2D eigenvalue weighted by molar-refractivity contribution is 5.63. The van der Waals surface area contributed by atoms with Gasteiger partial charge in [0.2, 0.25) is 0 Å². The lowest BCUT2D eigenvalue weighted by atomic mass is 10.1. The Morgan fingerprint density at radius 2 is 1.70 bits per heavy atom. The van der Waals surface area contributed by atoms with Crippen molar-refractivity contribution in [3.05, 3.63) is 52.9 Å². The van der Waals surface area contributed by atoms with E-state index in [1.807, 2.05) is 36.5 Å². The summed E-state index contributed by atoms with van der Waals surface area (Å²) in [4.78, 5) is 11.9. The first kappa shape index (κ1) is 14.4. The number of ether oxygens (including phenoxy) is 1. The van der Waals surface area contributed by atoms with E-state index in [0.717, 1.165) is 29.8 Å². The van der Waals surface area contributed by atoms with Crippen LogP contribution in [0.2, 0.25) is 0 Å². The monoisotopic (exact) mass is 271 g/mol. The van der Waals surface area contributed by atoms with Crippen LogP contribution in [0.15, 0.2) is 47.4 Å². The fourth-order valence-electron chi connectivity index (χ4n) is 2.06. The van der Waals surface area contributed by atoms with Crippen molar-refractivity contribution in [2.45, 2.75) is 26.8 Å². The summed E-state index contributed by atoms with van der Waals surface area (Å²) in [5.41, 5.74) is 2.20. The topological polar surface area (TPSA) is 31.2 Å². The van der Waals surface area contributed by atoms with E-state index in [0.29, 0.717) is 5.92 Å². The van der Waals surface area contributed by atoms with E-state index < -0.39 is 0 Å². The maximum atomic E-state index is 11.9. The number of nitrogens with zero attached hydrogens (tertiary/aromatic N) is 1. The molecule has 0 aliphatic rings. The van der Waals surface area contributed by atoms with Crippen LogP contribution in [0.1, 0.15) is 20.3 Å². The highest BCUT2D eigenvalue weighted by atomic mass is 16.5. The number of aromatic nitrogens is 1. The van der Waals surface area contributed by atoms with Crippen LogP contribution in [0.4, 0.5) is 0 Å². The zero-order valence-corrected chi connectivity index (χ0v) is 12.3. The summed E-state index contributed by atoms with van der Waals surface area (Å²) in [5, 5.41) is 0. The van der Waals surface area contributed by atoms with Crippen molar-refractivity contribution < 1.29 is 4.74 Å². The Bertz CT molecular complexity index is 612.